The number of hydrogen-bond donors (Lipinski definition) is 2. The van der Waals surface area contributed by atoms with Gasteiger partial charge in [0.05, 0.1) is 0 Å². The van der Waals surface area contributed by atoms with Gasteiger partial charge in [-0.05, 0) is 44.4 Å². The van der Waals surface area contributed by atoms with Crippen LogP contribution in [-0.2, 0) is 4.79 Å². The summed E-state index contributed by atoms with van der Waals surface area (Å²) in [5.74, 6) is 0.143. The minimum Gasteiger partial charge on any atom is -0.398 e. The lowest BCUT2D eigenvalue weighted by Gasteiger charge is -2.26. The van der Waals surface area contributed by atoms with Gasteiger partial charge in [0.2, 0.25) is 5.91 Å². The SMILES string of the molecule is CC(=O)c1cc(NCCC(=O)N2CCCCC2)ccc1N. The second-order valence-corrected chi connectivity index (χ2v) is 5.48. The smallest absolute Gasteiger partial charge is 0.224 e. The van der Waals surface area contributed by atoms with Crippen LogP contribution in [0.4, 0.5) is 11.4 Å². The van der Waals surface area contributed by atoms with Crippen LogP contribution < -0.4 is 11.1 Å². The molecule has 1 heterocycles. The monoisotopic (exact) mass is 289 g/mol. The minimum atomic E-state index is -0.0551. The molecule has 1 fully saturated rings. The van der Waals surface area contributed by atoms with Crippen molar-refractivity contribution in [2.24, 2.45) is 0 Å². The Balaban J connectivity index is 1.84. The van der Waals surface area contributed by atoms with Gasteiger partial charge in [-0.15, -0.1) is 0 Å². The number of likely N-dealkylation sites (tertiary alicyclic amines) is 1. The van der Waals surface area contributed by atoms with Gasteiger partial charge in [0, 0.05) is 43.0 Å². The molecule has 1 aliphatic rings. The number of nitrogens with two attached hydrogens (primary N) is 1. The molecular formula is C16H23N3O2. The number of nitrogens with one attached hydrogen (secondary N) is 1. The van der Waals surface area contributed by atoms with Gasteiger partial charge in [-0.1, -0.05) is 0 Å². The lowest BCUT2D eigenvalue weighted by Crippen LogP contribution is -2.36. The predicted molar refractivity (Wildman–Crippen MR) is 84.4 cm³/mol. The van der Waals surface area contributed by atoms with Crippen molar-refractivity contribution in [3.05, 3.63) is 23.8 Å². The van der Waals surface area contributed by atoms with Crippen molar-refractivity contribution in [2.75, 3.05) is 30.7 Å². The number of carbonyl (C=O) groups excluding carboxylic acids is 2. The van der Waals surface area contributed by atoms with Crippen LogP contribution in [0.5, 0.6) is 0 Å². The van der Waals surface area contributed by atoms with Crippen LogP contribution >= 0.6 is 0 Å². The van der Waals surface area contributed by atoms with Crippen LogP contribution in [-0.4, -0.2) is 36.2 Å². The van der Waals surface area contributed by atoms with Crippen LogP contribution in [0.1, 0.15) is 43.0 Å². The van der Waals surface area contributed by atoms with E-state index in [0.717, 1.165) is 31.6 Å². The molecule has 0 bridgehead atoms. The summed E-state index contributed by atoms with van der Waals surface area (Å²) < 4.78 is 0. The van der Waals surface area contributed by atoms with Crippen LogP contribution in [0, 0.1) is 0 Å². The van der Waals surface area contributed by atoms with Crippen LogP contribution in [0.15, 0.2) is 18.2 Å². The summed E-state index contributed by atoms with van der Waals surface area (Å²) >= 11 is 0. The van der Waals surface area contributed by atoms with Gasteiger partial charge in [-0.3, -0.25) is 9.59 Å². The third kappa shape index (κ3) is 4.21. The van der Waals surface area contributed by atoms with E-state index in [1.165, 1.54) is 13.3 Å². The second-order valence-electron chi connectivity index (χ2n) is 5.48. The topological polar surface area (TPSA) is 75.4 Å². The number of nitrogen functional groups attached to an aromatic ring is 1. The number of piperidine rings is 1. The standard InChI is InChI=1S/C16H23N3O2/c1-12(20)14-11-13(5-6-15(14)17)18-8-7-16(21)19-9-3-2-4-10-19/h5-6,11,18H,2-4,7-10,17H2,1H3. The zero-order valence-corrected chi connectivity index (χ0v) is 12.5. The average molecular weight is 289 g/mol. The maximum Gasteiger partial charge on any atom is 0.224 e. The summed E-state index contributed by atoms with van der Waals surface area (Å²) in [4.78, 5) is 25.4. The van der Waals surface area contributed by atoms with E-state index < -0.39 is 0 Å². The Bertz CT molecular complexity index is 522. The van der Waals surface area contributed by atoms with E-state index >= 15 is 0 Å². The highest BCUT2D eigenvalue weighted by Crippen LogP contribution is 2.18. The van der Waals surface area contributed by atoms with E-state index in [4.69, 9.17) is 5.73 Å². The van der Waals surface area contributed by atoms with E-state index in [2.05, 4.69) is 5.32 Å². The minimum absolute atomic E-state index is 0.0551. The van der Waals surface area contributed by atoms with Crippen molar-refractivity contribution < 1.29 is 9.59 Å². The fourth-order valence-corrected chi connectivity index (χ4v) is 2.59. The molecule has 1 aliphatic heterocycles. The van der Waals surface area contributed by atoms with Crippen molar-refractivity contribution in [1.29, 1.82) is 0 Å². The van der Waals surface area contributed by atoms with Gasteiger partial charge in [0.15, 0.2) is 5.78 Å². The Hall–Kier alpha value is -2.04. The molecule has 2 rings (SSSR count). The number of nitrogens with zero attached hydrogens (tertiary/aromatic N) is 1. The van der Waals surface area contributed by atoms with Crippen LogP contribution in [0.25, 0.3) is 0 Å². The van der Waals surface area contributed by atoms with Crippen molar-refractivity contribution >= 4 is 23.1 Å². The van der Waals surface area contributed by atoms with Gasteiger partial charge in [-0.2, -0.15) is 0 Å². The fraction of sp³-hybridized carbons (Fsp3) is 0.500. The van der Waals surface area contributed by atoms with Crippen LogP contribution in [0.3, 0.4) is 0 Å². The number of hydrogen-bond acceptors (Lipinski definition) is 4. The third-order valence-electron chi connectivity index (χ3n) is 3.81. The molecule has 1 amide bonds. The highest BCUT2D eigenvalue weighted by atomic mass is 16.2. The van der Waals surface area contributed by atoms with Gasteiger partial charge in [0.25, 0.3) is 0 Å². The maximum absolute atomic E-state index is 12.0. The third-order valence-corrected chi connectivity index (χ3v) is 3.81. The largest absolute Gasteiger partial charge is 0.398 e. The molecule has 5 nitrogen and oxygen atoms in total. The molecule has 1 aromatic rings. The predicted octanol–water partition coefficient (Wildman–Crippen LogP) is 2.29. The summed E-state index contributed by atoms with van der Waals surface area (Å²) in [7, 11) is 0. The van der Waals surface area contributed by atoms with E-state index in [9.17, 15) is 9.59 Å². The number of Topliss-reactive ketones (excluding diaryl/α,β-unsaturated/α-hetero) is 1. The summed E-state index contributed by atoms with van der Waals surface area (Å²) in [6, 6.07) is 5.28. The molecule has 0 radical (unpaired) electrons. The molecule has 0 aromatic heterocycles. The summed E-state index contributed by atoms with van der Waals surface area (Å²) in [6.45, 7) is 3.83. The first-order chi connectivity index (χ1) is 10.1. The van der Waals surface area contributed by atoms with Crippen molar-refractivity contribution in [1.82, 2.24) is 4.90 Å². The van der Waals surface area contributed by atoms with Crippen molar-refractivity contribution in [3.8, 4) is 0 Å². The first-order valence-corrected chi connectivity index (χ1v) is 7.50. The number of benzene rings is 1. The quantitative estimate of drug-likeness (QED) is 0.644. The number of amides is 1. The molecule has 5 heteroatoms. The van der Waals surface area contributed by atoms with E-state index in [1.54, 1.807) is 12.1 Å². The Morgan fingerprint density at radius 2 is 1.95 bits per heavy atom. The zero-order chi connectivity index (χ0) is 15.2. The number of ketones is 1. The first-order valence-electron chi connectivity index (χ1n) is 7.50. The van der Waals surface area contributed by atoms with E-state index in [0.29, 0.717) is 24.2 Å². The lowest BCUT2D eigenvalue weighted by atomic mass is 10.1. The Labute approximate surface area is 125 Å². The summed E-state index contributed by atoms with van der Waals surface area (Å²) in [5.41, 5.74) is 7.58. The van der Waals surface area contributed by atoms with Gasteiger partial charge in [0.1, 0.15) is 0 Å². The number of anilines is 2. The highest BCUT2D eigenvalue weighted by molar-refractivity contribution is 6.00. The zero-order valence-electron chi connectivity index (χ0n) is 12.5. The Morgan fingerprint density at radius 1 is 1.24 bits per heavy atom. The molecule has 1 aromatic carbocycles. The molecule has 21 heavy (non-hydrogen) atoms. The van der Waals surface area contributed by atoms with Gasteiger partial charge < -0.3 is 16.0 Å². The van der Waals surface area contributed by atoms with Crippen molar-refractivity contribution in [3.63, 3.8) is 0 Å². The summed E-state index contributed by atoms with van der Waals surface area (Å²) in [5, 5.41) is 3.18. The molecule has 0 atom stereocenters. The summed E-state index contributed by atoms with van der Waals surface area (Å²) in [6.07, 6.45) is 3.92. The Morgan fingerprint density at radius 3 is 2.62 bits per heavy atom. The molecule has 1 saturated heterocycles. The maximum atomic E-state index is 12.0. The molecule has 0 unspecified atom stereocenters. The Kier molecular flexibility index (Phi) is 5.20. The molecule has 3 N–H and O–H groups in total. The highest BCUT2D eigenvalue weighted by Gasteiger charge is 2.15. The van der Waals surface area contributed by atoms with Gasteiger partial charge in [-0.25, -0.2) is 0 Å². The normalized spacial score (nSPS) is 14.8. The van der Waals surface area contributed by atoms with E-state index in [1.807, 2.05) is 11.0 Å². The number of rotatable bonds is 5. The molecule has 0 aliphatic carbocycles. The van der Waals surface area contributed by atoms with Crippen molar-refractivity contribution in [2.45, 2.75) is 32.6 Å². The van der Waals surface area contributed by atoms with Crippen LogP contribution in [0.2, 0.25) is 0 Å². The van der Waals surface area contributed by atoms with E-state index in [-0.39, 0.29) is 11.7 Å². The van der Waals surface area contributed by atoms with Gasteiger partial charge >= 0.3 is 0 Å². The second kappa shape index (κ2) is 7.11. The molecular weight excluding hydrogens is 266 g/mol. The lowest BCUT2D eigenvalue weighted by molar-refractivity contribution is -0.131. The molecule has 0 saturated carbocycles. The molecule has 0 spiro atoms. The average Bonchev–Trinajstić information content (AvgIpc) is 2.49. The number of carbonyl (C=O) groups is 2. The first kappa shape index (κ1) is 15.4. The molecule has 114 valence electrons. The fourth-order valence-electron chi connectivity index (χ4n) is 2.59.